The Labute approximate surface area is 314 Å². The van der Waals surface area contributed by atoms with Gasteiger partial charge in [0.2, 0.25) is 0 Å². The number of hydrogen-bond acceptors (Lipinski definition) is 1. The van der Waals surface area contributed by atoms with Gasteiger partial charge in [0.1, 0.15) is 11.5 Å². The van der Waals surface area contributed by atoms with E-state index in [0.717, 1.165) is 11.5 Å². The van der Waals surface area contributed by atoms with Gasteiger partial charge in [-0.25, -0.2) is 0 Å². The van der Waals surface area contributed by atoms with Crippen molar-refractivity contribution in [3.05, 3.63) is 209 Å². The lowest BCUT2D eigenvalue weighted by atomic mass is 9.66. The van der Waals surface area contributed by atoms with Crippen molar-refractivity contribution < 1.29 is 4.74 Å². The van der Waals surface area contributed by atoms with Crippen LogP contribution in [0.25, 0.3) is 60.9 Å². The third-order valence-corrected chi connectivity index (χ3v) is 12.7. The van der Waals surface area contributed by atoms with Gasteiger partial charge in [-0.3, -0.25) is 0 Å². The summed E-state index contributed by atoms with van der Waals surface area (Å²) in [5.41, 5.74) is 18.4. The van der Waals surface area contributed by atoms with Gasteiger partial charge in [-0.15, -0.1) is 0 Å². The monoisotopic (exact) mass is 689 g/mol. The largest absolute Gasteiger partial charge is 0.457 e. The fourth-order valence-corrected chi connectivity index (χ4v) is 10.4. The van der Waals surface area contributed by atoms with Gasteiger partial charge in [-0.2, -0.15) is 0 Å². The highest BCUT2D eigenvalue weighted by Gasteiger charge is 2.52. The van der Waals surface area contributed by atoms with E-state index in [1.54, 1.807) is 0 Å². The van der Waals surface area contributed by atoms with Crippen LogP contribution in [0.3, 0.4) is 0 Å². The molecule has 0 atom stereocenters. The molecule has 1 aromatic heterocycles. The molecule has 254 valence electrons. The molecule has 54 heavy (non-hydrogen) atoms. The van der Waals surface area contributed by atoms with Crippen LogP contribution >= 0.6 is 0 Å². The van der Waals surface area contributed by atoms with Crippen molar-refractivity contribution in [3.63, 3.8) is 0 Å². The van der Waals surface area contributed by atoms with Gasteiger partial charge in [-0.05, 0) is 86.5 Å². The first-order valence-electron chi connectivity index (χ1n) is 18.9. The topological polar surface area (TPSA) is 14.2 Å². The van der Waals surface area contributed by atoms with Gasteiger partial charge >= 0.3 is 0 Å². The number of aromatic nitrogens is 1. The normalized spacial score (nSPS) is 14.9. The maximum absolute atomic E-state index is 6.66. The summed E-state index contributed by atoms with van der Waals surface area (Å²) in [6, 6.07) is 65.0. The second-order valence-corrected chi connectivity index (χ2v) is 15.6. The molecule has 0 radical (unpaired) electrons. The zero-order valence-corrected chi connectivity index (χ0v) is 30.1. The average Bonchev–Trinajstić information content (AvgIpc) is 3.79. The number of hydrogen-bond donors (Lipinski definition) is 0. The number of nitrogens with zero attached hydrogens (tertiary/aromatic N) is 1. The maximum Gasteiger partial charge on any atom is 0.132 e. The number of rotatable bonds is 2. The molecule has 2 heteroatoms. The first-order chi connectivity index (χ1) is 26.5. The summed E-state index contributed by atoms with van der Waals surface area (Å²) in [7, 11) is 0. The molecule has 9 aromatic rings. The number of ether oxygens (including phenoxy) is 1. The van der Waals surface area contributed by atoms with E-state index in [9.17, 15) is 0 Å². The molecule has 2 nitrogen and oxygen atoms in total. The lowest BCUT2D eigenvalue weighted by Gasteiger charge is -2.39. The summed E-state index contributed by atoms with van der Waals surface area (Å²) in [6.07, 6.45) is 0. The van der Waals surface area contributed by atoms with Gasteiger partial charge in [0.05, 0.1) is 16.4 Å². The van der Waals surface area contributed by atoms with Crippen LogP contribution in [0.5, 0.6) is 11.5 Å². The van der Waals surface area contributed by atoms with Crippen LogP contribution in [0.1, 0.15) is 47.2 Å². The van der Waals surface area contributed by atoms with Crippen molar-refractivity contribution in [2.45, 2.75) is 24.7 Å². The Morgan fingerprint density at radius 3 is 1.80 bits per heavy atom. The molecule has 0 fully saturated rings. The SMILES string of the molecule is CC1(C)c2ccccc2-c2cc(-n3c4ccc(-c5ccccc5)cc4c4ccc5c(c43)-c3ccccc3C53c4ccccc4Oc4ccccc43)ccc21. The second kappa shape index (κ2) is 10.5. The number of para-hydroxylation sites is 2. The van der Waals surface area contributed by atoms with Crippen molar-refractivity contribution in [1.82, 2.24) is 4.57 Å². The maximum atomic E-state index is 6.66. The number of benzene rings is 8. The summed E-state index contributed by atoms with van der Waals surface area (Å²) >= 11 is 0. The van der Waals surface area contributed by atoms with E-state index in [2.05, 4.69) is 194 Å². The fourth-order valence-electron chi connectivity index (χ4n) is 10.4. The van der Waals surface area contributed by atoms with Crippen LogP contribution in [0, 0.1) is 0 Å². The van der Waals surface area contributed by atoms with Crippen LogP contribution in [-0.2, 0) is 10.8 Å². The highest BCUT2D eigenvalue weighted by Crippen LogP contribution is 2.63. The quantitative estimate of drug-likeness (QED) is 0.176. The minimum absolute atomic E-state index is 0.0632. The van der Waals surface area contributed by atoms with Gasteiger partial charge in [-0.1, -0.05) is 153 Å². The third-order valence-electron chi connectivity index (χ3n) is 12.7. The average molecular weight is 690 g/mol. The van der Waals surface area contributed by atoms with E-state index >= 15 is 0 Å². The van der Waals surface area contributed by atoms with Gasteiger partial charge in [0.15, 0.2) is 0 Å². The van der Waals surface area contributed by atoms with Crippen LogP contribution in [0.4, 0.5) is 0 Å². The zero-order valence-electron chi connectivity index (χ0n) is 30.1. The first-order valence-corrected chi connectivity index (χ1v) is 18.9. The molecule has 3 aliphatic rings. The lowest BCUT2D eigenvalue weighted by Crippen LogP contribution is -2.32. The van der Waals surface area contributed by atoms with Gasteiger partial charge in [0, 0.05) is 38.6 Å². The smallest absolute Gasteiger partial charge is 0.132 e. The van der Waals surface area contributed by atoms with Crippen LogP contribution in [0.2, 0.25) is 0 Å². The Balaban J connectivity index is 1.24. The molecular weight excluding hydrogens is 655 g/mol. The Morgan fingerprint density at radius 1 is 0.426 bits per heavy atom. The molecule has 8 aromatic carbocycles. The van der Waals surface area contributed by atoms with Crippen LogP contribution < -0.4 is 4.74 Å². The summed E-state index contributed by atoms with van der Waals surface area (Å²) in [4.78, 5) is 0. The number of fused-ring (bicyclic) bond motifs is 16. The third kappa shape index (κ3) is 3.65. The molecule has 12 rings (SSSR count). The van der Waals surface area contributed by atoms with Crippen LogP contribution in [-0.4, -0.2) is 4.57 Å². The highest BCUT2D eigenvalue weighted by molar-refractivity contribution is 6.17. The molecule has 0 amide bonds. The van der Waals surface area contributed by atoms with Crippen molar-refractivity contribution in [3.8, 4) is 50.6 Å². The predicted octanol–water partition coefficient (Wildman–Crippen LogP) is 13.2. The van der Waals surface area contributed by atoms with E-state index in [1.807, 2.05) is 0 Å². The van der Waals surface area contributed by atoms with E-state index in [0.29, 0.717) is 0 Å². The molecule has 0 saturated heterocycles. The summed E-state index contributed by atoms with van der Waals surface area (Å²) < 4.78 is 9.22. The molecule has 0 N–H and O–H groups in total. The van der Waals surface area contributed by atoms with E-state index < -0.39 is 5.41 Å². The molecule has 0 unspecified atom stereocenters. The Morgan fingerprint density at radius 2 is 1.04 bits per heavy atom. The van der Waals surface area contributed by atoms with Gasteiger partial charge in [0.25, 0.3) is 0 Å². The minimum Gasteiger partial charge on any atom is -0.457 e. The molecule has 0 saturated carbocycles. The molecule has 2 heterocycles. The lowest BCUT2D eigenvalue weighted by molar-refractivity contribution is 0.436. The van der Waals surface area contributed by atoms with E-state index in [1.165, 1.54) is 94.3 Å². The van der Waals surface area contributed by atoms with Crippen molar-refractivity contribution in [2.24, 2.45) is 0 Å². The minimum atomic E-state index is -0.539. The predicted molar refractivity (Wildman–Crippen MR) is 221 cm³/mol. The second-order valence-electron chi connectivity index (χ2n) is 15.6. The summed E-state index contributed by atoms with van der Waals surface area (Å²) in [5, 5.41) is 2.50. The van der Waals surface area contributed by atoms with E-state index in [-0.39, 0.29) is 5.41 Å². The Bertz CT molecular complexity index is 3010. The van der Waals surface area contributed by atoms with Crippen molar-refractivity contribution in [1.29, 1.82) is 0 Å². The van der Waals surface area contributed by atoms with Crippen LogP contribution in [0.15, 0.2) is 176 Å². The Hall–Kier alpha value is -6.64. The Kier molecular flexibility index (Phi) is 5.81. The summed E-state index contributed by atoms with van der Waals surface area (Å²) in [6.45, 7) is 4.71. The fraction of sp³-hybridized carbons (Fsp3) is 0.0769. The molecule has 2 aliphatic carbocycles. The molecule has 1 aliphatic heterocycles. The standard InChI is InChI=1S/C52H35NO/c1-51(2)40-18-8-6-16-35(40)38-31-34(25-27-41(38)51)53-46-29-24-33(32-14-4-3-5-15-32)30-39(46)36-26-28-45-49(50(36)53)37-17-7-9-19-42(37)52(45)43-20-10-12-22-47(43)54-48-23-13-11-21-44(48)52/h3-31H,1-2H3. The molecule has 0 bridgehead atoms. The summed E-state index contributed by atoms with van der Waals surface area (Å²) in [5.74, 6) is 1.82. The zero-order chi connectivity index (χ0) is 35.8. The van der Waals surface area contributed by atoms with Crippen molar-refractivity contribution in [2.75, 3.05) is 0 Å². The van der Waals surface area contributed by atoms with Crippen molar-refractivity contribution >= 4 is 21.8 Å². The van der Waals surface area contributed by atoms with Gasteiger partial charge < -0.3 is 9.30 Å². The highest BCUT2D eigenvalue weighted by atomic mass is 16.5. The first kappa shape index (κ1) is 29.9. The molecule has 1 spiro atoms. The molecular formula is C52H35NO. The van der Waals surface area contributed by atoms with E-state index in [4.69, 9.17) is 4.74 Å².